The lowest BCUT2D eigenvalue weighted by Gasteiger charge is -2.10. The third-order valence-corrected chi connectivity index (χ3v) is 6.65. The van der Waals surface area contributed by atoms with Crippen molar-refractivity contribution in [3.63, 3.8) is 0 Å². The van der Waals surface area contributed by atoms with Gasteiger partial charge in [-0.3, -0.25) is 0 Å². The van der Waals surface area contributed by atoms with Gasteiger partial charge >= 0.3 is 0 Å². The molecule has 0 aliphatic carbocycles. The standard InChI is InChI=1S/C21H23N3O4S2/c1-13-4-3-5-14(2)19(13)22-20-23-24-21(30-20)29-11-16(25)10-26-9-15-6-7-17-18(8-15)28-12-27-17/h3-8,16,25H,9-12H2,1-2H3,(H,22,23). The van der Waals surface area contributed by atoms with Crippen molar-refractivity contribution >= 4 is 33.9 Å². The number of aliphatic hydroxyl groups excluding tert-OH is 1. The van der Waals surface area contributed by atoms with E-state index >= 15 is 0 Å². The number of aliphatic hydroxyl groups is 1. The number of ether oxygens (including phenoxy) is 3. The second kappa shape index (κ2) is 9.65. The fourth-order valence-electron chi connectivity index (χ4n) is 3.00. The Morgan fingerprint density at radius 1 is 1.17 bits per heavy atom. The molecule has 2 aromatic carbocycles. The fraction of sp³-hybridized carbons (Fsp3) is 0.333. The molecular formula is C21H23N3O4S2. The second-order valence-corrected chi connectivity index (χ2v) is 9.18. The smallest absolute Gasteiger partial charge is 0.231 e. The van der Waals surface area contributed by atoms with E-state index < -0.39 is 6.10 Å². The van der Waals surface area contributed by atoms with E-state index in [-0.39, 0.29) is 13.4 Å². The highest BCUT2D eigenvalue weighted by Crippen LogP contribution is 2.33. The van der Waals surface area contributed by atoms with Crippen LogP contribution in [0.1, 0.15) is 16.7 Å². The average Bonchev–Trinajstić information content (AvgIpc) is 3.38. The number of rotatable bonds is 9. The number of para-hydroxylation sites is 1. The van der Waals surface area contributed by atoms with Crippen molar-refractivity contribution < 1.29 is 19.3 Å². The molecule has 7 nitrogen and oxygen atoms in total. The molecule has 1 atom stereocenters. The molecule has 1 aliphatic heterocycles. The van der Waals surface area contributed by atoms with E-state index in [1.54, 1.807) is 0 Å². The van der Waals surface area contributed by atoms with Crippen LogP contribution in [0.3, 0.4) is 0 Å². The Bertz CT molecular complexity index is 991. The Labute approximate surface area is 183 Å². The van der Waals surface area contributed by atoms with E-state index in [4.69, 9.17) is 14.2 Å². The van der Waals surface area contributed by atoms with Crippen molar-refractivity contribution in [1.29, 1.82) is 0 Å². The van der Waals surface area contributed by atoms with Crippen LogP contribution in [0.5, 0.6) is 11.5 Å². The zero-order valence-electron chi connectivity index (χ0n) is 16.8. The number of hydrogen-bond acceptors (Lipinski definition) is 9. The molecule has 158 valence electrons. The molecule has 0 saturated carbocycles. The van der Waals surface area contributed by atoms with Crippen LogP contribution in [0, 0.1) is 13.8 Å². The number of aromatic nitrogens is 2. The van der Waals surface area contributed by atoms with Gasteiger partial charge in [-0.05, 0) is 42.7 Å². The first-order valence-electron chi connectivity index (χ1n) is 9.52. The van der Waals surface area contributed by atoms with Gasteiger partial charge in [0.15, 0.2) is 15.8 Å². The lowest BCUT2D eigenvalue weighted by Crippen LogP contribution is -2.17. The Balaban J connectivity index is 1.21. The van der Waals surface area contributed by atoms with Crippen LogP contribution in [0.25, 0.3) is 0 Å². The first kappa shape index (κ1) is 20.9. The van der Waals surface area contributed by atoms with Crippen LogP contribution >= 0.6 is 23.1 Å². The quantitative estimate of drug-likeness (QED) is 0.472. The largest absolute Gasteiger partial charge is 0.454 e. The summed E-state index contributed by atoms with van der Waals surface area (Å²) in [7, 11) is 0. The maximum Gasteiger partial charge on any atom is 0.231 e. The Kier molecular flexibility index (Phi) is 6.73. The monoisotopic (exact) mass is 445 g/mol. The van der Waals surface area contributed by atoms with Gasteiger partial charge in [-0.15, -0.1) is 10.2 Å². The topological polar surface area (TPSA) is 85.7 Å². The van der Waals surface area contributed by atoms with Gasteiger partial charge in [0.2, 0.25) is 11.9 Å². The number of hydrogen-bond donors (Lipinski definition) is 2. The molecular weight excluding hydrogens is 422 g/mol. The van der Waals surface area contributed by atoms with E-state index in [0.717, 1.165) is 43.3 Å². The minimum absolute atomic E-state index is 0.244. The molecule has 0 bridgehead atoms. The number of benzene rings is 2. The van der Waals surface area contributed by atoms with Gasteiger partial charge in [0.05, 0.1) is 19.3 Å². The molecule has 1 aromatic heterocycles. The molecule has 0 radical (unpaired) electrons. The minimum atomic E-state index is -0.595. The van der Waals surface area contributed by atoms with Gasteiger partial charge in [-0.2, -0.15) is 0 Å². The molecule has 2 heterocycles. The summed E-state index contributed by atoms with van der Waals surface area (Å²) in [4.78, 5) is 0. The normalized spacial score (nSPS) is 13.4. The van der Waals surface area contributed by atoms with Crippen LogP contribution in [0.15, 0.2) is 40.7 Å². The van der Waals surface area contributed by atoms with Crippen LogP contribution in [-0.2, 0) is 11.3 Å². The average molecular weight is 446 g/mol. The SMILES string of the molecule is Cc1cccc(C)c1Nc1nnc(SCC(O)COCc2ccc3c(c2)OCO3)s1. The summed E-state index contributed by atoms with van der Waals surface area (Å²) in [5.41, 5.74) is 4.36. The zero-order valence-corrected chi connectivity index (χ0v) is 18.4. The maximum atomic E-state index is 10.2. The number of thioether (sulfide) groups is 1. The van der Waals surface area contributed by atoms with E-state index in [1.165, 1.54) is 23.1 Å². The summed E-state index contributed by atoms with van der Waals surface area (Å²) in [6.07, 6.45) is -0.595. The fourth-order valence-corrected chi connectivity index (χ4v) is 4.68. The van der Waals surface area contributed by atoms with Crippen molar-refractivity contribution in [3.8, 4) is 11.5 Å². The number of fused-ring (bicyclic) bond motifs is 1. The van der Waals surface area contributed by atoms with E-state index in [1.807, 2.05) is 24.3 Å². The van der Waals surface area contributed by atoms with Crippen molar-refractivity contribution in [2.45, 2.75) is 30.9 Å². The molecule has 2 N–H and O–H groups in total. The Hall–Kier alpha value is -2.33. The van der Waals surface area contributed by atoms with Crippen LogP contribution in [0.4, 0.5) is 10.8 Å². The first-order valence-corrected chi connectivity index (χ1v) is 11.3. The van der Waals surface area contributed by atoms with Crippen molar-refractivity contribution in [1.82, 2.24) is 10.2 Å². The highest BCUT2D eigenvalue weighted by atomic mass is 32.2. The van der Waals surface area contributed by atoms with Gasteiger partial charge in [0.1, 0.15) is 0 Å². The second-order valence-electron chi connectivity index (χ2n) is 6.93. The van der Waals surface area contributed by atoms with Crippen molar-refractivity contribution in [3.05, 3.63) is 53.1 Å². The van der Waals surface area contributed by atoms with Gasteiger partial charge in [-0.1, -0.05) is 47.4 Å². The molecule has 0 amide bonds. The van der Waals surface area contributed by atoms with Gasteiger partial charge in [0.25, 0.3) is 0 Å². The molecule has 1 aliphatic rings. The number of nitrogens with one attached hydrogen (secondary N) is 1. The molecule has 0 saturated heterocycles. The van der Waals surface area contributed by atoms with Gasteiger partial charge < -0.3 is 24.6 Å². The minimum Gasteiger partial charge on any atom is -0.454 e. The molecule has 0 fully saturated rings. The molecule has 4 rings (SSSR count). The number of nitrogens with zero attached hydrogens (tertiary/aromatic N) is 2. The predicted octanol–water partition coefficient (Wildman–Crippen LogP) is 4.30. The third-order valence-electron chi connectivity index (χ3n) is 4.53. The Morgan fingerprint density at radius 2 is 1.97 bits per heavy atom. The number of anilines is 2. The van der Waals surface area contributed by atoms with Gasteiger partial charge in [0, 0.05) is 11.4 Å². The summed E-state index contributed by atoms with van der Waals surface area (Å²) in [6, 6.07) is 11.9. The van der Waals surface area contributed by atoms with Crippen LogP contribution in [0.2, 0.25) is 0 Å². The maximum absolute atomic E-state index is 10.2. The van der Waals surface area contributed by atoms with Crippen LogP contribution < -0.4 is 14.8 Å². The summed E-state index contributed by atoms with van der Waals surface area (Å²) in [6.45, 7) is 5.02. The summed E-state index contributed by atoms with van der Waals surface area (Å²) in [5.74, 6) is 1.96. The summed E-state index contributed by atoms with van der Waals surface area (Å²) in [5, 5.41) is 22.7. The van der Waals surface area contributed by atoms with Crippen molar-refractivity contribution in [2.24, 2.45) is 0 Å². The zero-order chi connectivity index (χ0) is 20.9. The summed E-state index contributed by atoms with van der Waals surface area (Å²) >= 11 is 2.94. The lowest BCUT2D eigenvalue weighted by molar-refractivity contribution is 0.0397. The van der Waals surface area contributed by atoms with E-state index in [9.17, 15) is 5.11 Å². The predicted molar refractivity (Wildman–Crippen MR) is 118 cm³/mol. The molecule has 0 spiro atoms. The van der Waals surface area contributed by atoms with E-state index in [0.29, 0.717) is 12.4 Å². The lowest BCUT2D eigenvalue weighted by atomic mass is 10.1. The molecule has 30 heavy (non-hydrogen) atoms. The van der Waals surface area contributed by atoms with Crippen molar-refractivity contribution in [2.75, 3.05) is 24.5 Å². The highest BCUT2D eigenvalue weighted by Gasteiger charge is 2.14. The molecule has 1 unspecified atom stereocenters. The number of aryl methyl sites for hydroxylation is 2. The van der Waals surface area contributed by atoms with E-state index in [2.05, 4.69) is 41.5 Å². The summed E-state index contributed by atoms with van der Waals surface area (Å²) < 4.78 is 17.1. The third kappa shape index (κ3) is 5.23. The Morgan fingerprint density at radius 3 is 2.80 bits per heavy atom. The van der Waals surface area contributed by atoms with Crippen LogP contribution in [-0.4, -0.2) is 40.6 Å². The molecule has 3 aromatic rings. The first-order chi connectivity index (χ1) is 14.6. The molecule has 9 heteroatoms. The van der Waals surface area contributed by atoms with Gasteiger partial charge in [-0.25, -0.2) is 0 Å². The highest BCUT2D eigenvalue weighted by molar-refractivity contribution is 8.01.